The first kappa shape index (κ1) is 13.4. The highest BCUT2D eigenvalue weighted by molar-refractivity contribution is 14.1. The molecule has 0 saturated carbocycles. The van der Waals surface area contributed by atoms with Crippen molar-refractivity contribution in [1.29, 1.82) is 0 Å². The van der Waals surface area contributed by atoms with E-state index in [-0.39, 0.29) is 5.91 Å². The number of amides is 1. The molecule has 0 unspecified atom stereocenters. The molecular weight excluding hydrogens is 365 g/mol. The molecule has 1 amide bonds. The van der Waals surface area contributed by atoms with Gasteiger partial charge in [-0.2, -0.15) is 5.10 Å². The third kappa shape index (κ3) is 2.51. The molecule has 1 aromatic heterocycles. The maximum absolute atomic E-state index is 12.2. The number of nitrogens with one attached hydrogen (secondary N) is 1. The molecule has 0 aliphatic rings. The number of carbonyl (C=O) groups is 1. The summed E-state index contributed by atoms with van der Waals surface area (Å²) in [6.07, 6.45) is 1.65. The van der Waals surface area contributed by atoms with Crippen LogP contribution in [0.5, 0.6) is 0 Å². The number of anilines is 1. The van der Waals surface area contributed by atoms with E-state index in [1.165, 1.54) is 0 Å². The number of benzene rings is 1. The topological polar surface area (TPSA) is 46.9 Å². The van der Waals surface area contributed by atoms with Crippen LogP contribution in [0.3, 0.4) is 0 Å². The Bertz CT molecular complexity index is 590. The Labute approximate surface area is 123 Å². The molecule has 0 saturated heterocycles. The zero-order valence-electron chi connectivity index (χ0n) is 9.87. The molecule has 0 aliphatic heterocycles. The van der Waals surface area contributed by atoms with Crippen molar-refractivity contribution in [2.75, 3.05) is 5.32 Å². The zero-order valence-corrected chi connectivity index (χ0v) is 12.8. The van der Waals surface area contributed by atoms with Crippen LogP contribution in [0.1, 0.15) is 16.1 Å². The maximum atomic E-state index is 12.2. The number of aryl methyl sites for hydroxylation is 1. The number of nitrogens with zero attached hydrogens (tertiary/aromatic N) is 2. The van der Waals surface area contributed by atoms with Crippen molar-refractivity contribution in [3.63, 3.8) is 0 Å². The second-order valence-corrected chi connectivity index (χ2v) is 5.40. The van der Waals surface area contributed by atoms with E-state index in [0.717, 1.165) is 9.13 Å². The van der Waals surface area contributed by atoms with Gasteiger partial charge in [0.1, 0.15) is 5.69 Å². The van der Waals surface area contributed by atoms with Gasteiger partial charge < -0.3 is 5.32 Å². The lowest BCUT2D eigenvalue weighted by atomic mass is 10.2. The van der Waals surface area contributed by atoms with Crippen LogP contribution in [0.25, 0.3) is 0 Å². The van der Waals surface area contributed by atoms with E-state index in [4.69, 9.17) is 11.6 Å². The van der Waals surface area contributed by atoms with Gasteiger partial charge in [-0.05, 0) is 47.2 Å². The molecule has 1 heterocycles. The molecule has 0 radical (unpaired) electrons. The van der Waals surface area contributed by atoms with Crippen LogP contribution >= 0.6 is 34.2 Å². The lowest BCUT2D eigenvalue weighted by Gasteiger charge is -2.09. The van der Waals surface area contributed by atoms with Crippen molar-refractivity contribution in [2.45, 2.75) is 6.92 Å². The quantitative estimate of drug-likeness (QED) is 0.819. The predicted octanol–water partition coefficient (Wildman–Crippen LogP) is 3.24. The Morgan fingerprint density at radius 1 is 1.50 bits per heavy atom. The van der Waals surface area contributed by atoms with Gasteiger partial charge in [0.25, 0.3) is 5.91 Å². The van der Waals surface area contributed by atoms with Gasteiger partial charge in [0.15, 0.2) is 0 Å². The van der Waals surface area contributed by atoms with Crippen LogP contribution in [0.2, 0.25) is 5.02 Å². The molecule has 0 bridgehead atoms. The first-order chi connectivity index (χ1) is 8.50. The Morgan fingerprint density at radius 3 is 2.83 bits per heavy atom. The van der Waals surface area contributed by atoms with Gasteiger partial charge in [0.05, 0.1) is 9.77 Å². The number of carbonyl (C=O) groups excluding carboxylic acids is 1. The van der Waals surface area contributed by atoms with Gasteiger partial charge >= 0.3 is 0 Å². The average molecular weight is 376 g/mol. The minimum Gasteiger partial charge on any atom is -0.320 e. The van der Waals surface area contributed by atoms with Crippen LogP contribution in [0, 0.1) is 10.5 Å². The summed E-state index contributed by atoms with van der Waals surface area (Å²) < 4.78 is 2.36. The van der Waals surface area contributed by atoms with E-state index in [0.29, 0.717) is 16.4 Å². The van der Waals surface area contributed by atoms with Crippen LogP contribution in [-0.2, 0) is 7.05 Å². The van der Waals surface area contributed by atoms with Crippen LogP contribution in [-0.4, -0.2) is 15.7 Å². The van der Waals surface area contributed by atoms with Crippen molar-refractivity contribution < 1.29 is 4.79 Å². The fourth-order valence-electron chi connectivity index (χ4n) is 1.59. The highest BCUT2D eigenvalue weighted by Crippen LogP contribution is 2.23. The van der Waals surface area contributed by atoms with E-state index < -0.39 is 0 Å². The summed E-state index contributed by atoms with van der Waals surface area (Å²) in [5, 5.41) is 7.52. The lowest BCUT2D eigenvalue weighted by Crippen LogP contribution is -2.17. The van der Waals surface area contributed by atoms with Gasteiger partial charge in [-0.3, -0.25) is 9.48 Å². The first-order valence-electron chi connectivity index (χ1n) is 5.24. The van der Waals surface area contributed by atoms with Crippen molar-refractivity contribution in [2.24, 2.45) is 7.05 Å². The molecule has 2 aromatic rings. The second kappa shape index (κ2) is 5.27. The summed E-state index contributed by atoms with van der Waals surface area (Å²) in [5.41, 5.74) is 2.10. The molecule has 4 nitrogen and oxygen atoms in total. The molecular formula is C12H11ClIN3O. The molecule has 0 aliphatic carbocycles. The van der Waals surface area contributed by atoms with E-state index in [9.17, 15) is 4.79 Å². The Balaban J connectivity index is 2.30. The number of aromatic nitrogens is 2. The molecule has 94 valence electrons. The minimum absolute atomic E-state index is 0.190. The number of hydrogen-bond acceptors (Lipinski definition) is 2. The summed E-state index contributed by atoms with van der Waals surface area (Å²) in [6, 6.07) is 5.42. The van der Waals surface area contributed by atoms with E-state index in [2.05, 4.69) is 33.0 Å². The highest BCUT2D eigenvalue weighted by Gasteiger charge is 2.16. The summed E-state index contributed by atoms with van der Waals surface area (Å²) in [7, 11) is 1.74. The standard InChI is InChI=1S/C12H11ClIN3O/c1-7-8(13)4-3-5-10(7)16-12(18)11-9(14)6-15-17(11)2/h3-6H,1-2H3,(H,16,18). The maximum Gasteiger partial charge on any atom is 0.275 e. The van der Waals surface area contributed by atoms with Gasteiger partial charge in [-0.1, -0.05) is 17.7 Å². The minimum atomic E-state index is -0.190. The number of rotatable bonds is 2. The molecule has 1 N–H and O–H groups in total. The van der Waals surface area contributed by atoms with E-state index >= 15 is 0 Å². The number of halogens is 2. The molecule has 18 heavy (non-hydrogen) atoms. The molecule has 2 rings (SSSR count). The van der Waals surface area contributed by atoms with Crippen molar-refractivity contribution in [3.8, 4) is 0 Å². The third-order valence-corrected chi connectivity index (χ3v) is 3.82. The fourth-order valence-corrected chi connectivity index (χ4v) is 2.48. The first-order valence-corrected chi connectivity index (χ1v) is 6.70. The fraction of sp³-hybridized carbons (Fsp3) is 0.167. The van der Waals surface area contributed by atoms with E-state index in [1.807, 2.05) is 13.0 Å². The average Bonchev–Trinajstić information content (AvgIpc) is 2.65. The van der Waals surface area contributed by atoms with Crippen LogP contribution in [0.4, 0.5) is 5.69 Å². The third-order valence-electron chi connectivity index (χ3n) is 2.63. The highest BCUT2D eigenvalue weighted by atomic mass is 127. The van der Waals surface area contributed by atoms with Crippen LogP contribution < -0.4 is 5.32 Å². The largest absolute Gasteiger partial charge is 0.320 e. The van der Waals surface area contributed by atoms with Crippen LogP contribution in [0.15, 0.2) is 24.4 Å². The summed E-state index contributed by atoms with van der Waals surface area (Å²) >= 11 is 8.10. The smallest absolute Gasteiger partial charge is 0.275 e. The Kier molecular flexibility index (Phi) is 3.91. The van der Waals surface area contributed by atoms with E-state index in [1.54, 1.807) is 30.1 Å². The number of hydrogen-bond donors (Lipinski definition) is 1. The predicted molar refractivity (Wildman–Crippen MR) is 80.1 cm³/mol. The molecule has 0 fully saturated rings. The SMILES string of the molecule is Cc1c(Cl)cccc1NC(=O)c1c(I)cnn1C. The summed E-state index contributed by atoms with van der Waals surface area (Å²) in [6.45, 7) is 1.87. The van der Waals surface area contributed by atoms with Gasteiger partial charge in [0, 0.05) is 17.8 Å². The summed E-state index contributed by atoms with van der Waals surface area (Å²) in [4.78, 5) is 12.2. The molecule has 6 heteroatoms. The van der Waals surface area contributed by atoms with Gasteiger partial charge in [0.2, 0.25) is 0 Å². The van der Waals surface area contributed by atoms with Crippen molar-refractivity contribution in [1.82, 2.24) is 9.78 Å². The van der Waals surface area contributed by atoms with Crippen molar-refractivity contribution in [3.05, 3.63) is 44.2 Å². The van der Waals surface area contributed by atoms with Gasteiger partial charge in [-0.25, -0.2) is 0 Å². The Hall–Kier alpha value is -1.08. The van der Waals surface area contributed by atoms with Gasteiger partial charge in [-0.15, -0.1) is 0 Å². The van der Waals surface area contributed by atoms with Crippen molar-refractivity contribution >= 4 is 45.8 Å². The molecule has 1 aromatic carbocycles. The second-order valence-electron chi connectivity index (χ2n) is 3.83. The zero-order chi connectivity index (χ0) is 13.3. The lowest BCUT2D eigenvalue weighted by molar-refractivity contribution is 0.101. The molecule has 0 atom stereocenters. The summed E-state index contributed by atoms with van der Waals surface area (Å²) in [5.74, 6) is -0.190. The molecule has 0 spiro atoms. The Morgan fingerprint density at radius 2 is 2.22 bits per heavy atom. The monoisotopic (exact) mass is 375 g/mol. The normalized spacial score (nSPS) is 10.4.